The van der Waals surface area contributed by atoms with E-state index in [0.29, 0.717) is 24.7 Å². The molecule has 1 aliphatic heterocycles. The van der Waals surface area contributed by atoms with E-state index in [0.717, 1.165) is 31.5 Å². The van der Waals surface area contributed by atoms with Crippen molar-refractivity contribution in [3.63, 3.8) is 0 Å². The van der Waals surface area contributed by atoms with Crippen molar-refractivity contribution in [1.29, 1.82) is 0 Å². The molecule has 1 aromatic heterocycles. The highest BCUT2D eigenvalue weighted by Crippen LogP contribution is 2.14. The van der Waals surface area contributed by atoms with E-state index >= 15 is 0 Å². The third-order valence-corrected chi connectivity index (χ3v) is 4.81. The van der Waals surface area contributed by atoms with Gasteiger partial charge in [0, 0.05) is 37.7 Å². The van der Waals surface area contributed by atoms with Gasteiger partial charge < -0.3 is 15.0 Å². The van der Waals surface area contributed by atoms with Gasteiger partial charge in [-0.2, -0.15) is 0 Å². The molecule has 1 aliphatic rings. The number of ether oxygens (including phenoxy) is 1. The van der Waals surface area contributed by atoms with Crippen molar-refractivity contribution in [3.8, 4) is 0 Å². The van der Waals surface area contributed by atoms with Crippen molar-refractivity contribution in [2.45, 2.75) is 43.7 Å². The molecule has 2 rings (SSSR count). The molecule has 0 spiro atoms. The lowest BCUT2D eigenvalue weighted by Crippen LogP contribution is -2.38. The molecular formula is C13H23N3O3S. The van der Waals surface area contributed by atoms with Crippen LogP contribution in [0.1, 0.15) is 31.9 Å². The summed E-state index contributed by atoms with van der Waals surface area (Å²) in [5.41, 5.74) is 0.880. The SMILES string of the molecule is CCCNCc1cc(S(=O)(=O)NC2CCOCC2)c[nH]1. The van der Waals surface area contributed by atoms with Crippen molar-refractivity contribution < 1.29 is 13.2 Å². The average Bonchev–Trinajstić information content (AvgIpc) is 2.89. The van der Waals surface area contributed by atoms with Gasteiger partial charge in [-0.1, -0.05) is 6.92 Å². The summed E-state index contributed by atoms with van der Waals surface area (Å²) in [5.74, 6) is 0. The molecule has 114 valence electrons. The van der Waals surface area contributed by atoms with Gasteiger partial charge in [0.15, 0.2) is 0 Å². The minimum absolute atomic E-state index is 0.0229. The van der Waals surface area contributed by atoms with Crippen LogP contribution >= 0.6 is 0 Å². The first-order valence-corrected chi connectivity index (χ1v) is 8.58. The maximum absolute atomic E-state index is 12.3. The molecule has 1 fully saturated rings. The molecule has 0 radical (unpaired) electrons. The molecule has 6 nitrogen and oxygen atoms in total. The first kappa shape index (κ1) is 15.5. The van der Waals surface area contributed by atoms with E-state index in [9.17, 15) is 8.42 Å². The molecule has 0 aromatic carbocycles. The van der Waals surface area contributed by atoms with Crippen molar-refractivity contribution in [2.75, 3.05) is 19.8 Å². The van der Waals surface area contributed by atoms with E-state index in [2.05, 4.69) is 21.9 Å². The lowest BCUT2D eigenvalue weighted by Gasteiger charge is -2.22. The van der Waals surface area contributed by atoms with Crippen molar-refractivity contribution in [3.05, 3.63) is 18.0 Å². The summed E-state index contributed by atoms with van der Waals surface area (Å²) in [6.07, 6.45) is 4.06. The van der Waals surface area contributed by atoms with Gasteiger partial charge in [-0.15, -0.1) is 0 Å². The van der Waals surface area contributed by atoms with Crippen LogP contribution in [0.15, 0.2) is 17.2 Å². The van der Waals surface area contributed by atoms with E-state index < -0.39 is 10.0 Å². The molecular weight excluding hydrogens is 278 g/mol. The van der Waals surface area contributed by atoms with E-state index in [1.54, 1.807) is 12.3 Å². The fraction of sp³-hybridized carbons (Fsp3) is 0.692. The Bertz CT molecular complexity index is 507. The monoisotopic (exact) mass is 301 g/mol. The molecule has 20 heavy (non-hydrogen) atoms. The van der Waals surface area contributed by atoms with Gasteiger partial charge in [0.25, 0.3) is 0 Å². The molecule has 0 bridgehead atoms. The molecule has 0 atom stereocenters. The lowest BCUT2D eigenvalue weighted by atomic mass is 10.1. The molecule has 0 saturated carbocycles. The number of rotatable bonds is 7. The topological polar surface area (TPSA) is 83.2 Å². The zero-order valence-corrected chi connectivity index (χ0v) is 12.6. The van der Waals surface area contributed by atoms with Crippen LogP contribution in [0.5, 0.6) is 0 Å². The summed E-state index contributed by atoms with van der Waals surface area (Å²) in [4.78, 5) is 3.30. The Hall–Kier alpha value is -0.890. The standard InChI is InChI=1S/C13H23N3O3S/c1-2-5-14-9-12-8-13(10-15-12)20(17,18)16-11-3-6-19-7-4-11/h8,10-11,14-16H,2-7,9H2,1H3. The van der Waals surface area contributed by atoms with Crippen LogP contribution in [0.25, 0.3) is 0 Å². The van der Waals surface area contributed by atoms with Crippen LogP contribution in [0.4, 0.5) is 0 Å². The number of H-pyrrole nitrogens is 1. The average molecular weight is 301 g/mol. The summed E-state index contributed by atoms with van der Waals surface area (Å²) >= 11 is 0. The number of sulfonamides is 1. The van der Waals surface area contributed by atoms with Gasteiger partial charge in [-0.05, 0) is 31.9 Å². The van der Waals surface area contributed by atoms with Crippen molar-refractivity contribution >= 4 is 10.0 Å². The summed E-state index contributed by atoms with van der Waals surface area (Å²) in [7, 11) is -3.43. The van der Waals surface area contributed by atoms with Gasteiger partial charge in [0.2, 0.25) is 10.0 Å². The molecule has 0 aliphatic carbocycles. The number of hydrogen-bond donors (Lipinski definition) is 3. The fourth-order valence-corrected chi connectivity index (χ4v) is 3.50. The third kappa shape index (κ3) is 4.31. The Morgan fingerprint density at radius 2 is 2.15 bits per heavy atom. The first-order chi connectivity index (χ1) is 9.62. The van der Waals surface area contributed by atoms with Crippen LogP contribution in [-0.2, 0) is 21.3 Å². The van der Waals surface area contributed by atoms with Gasteiger partial charge in [0.05, 0.1) is 4.90 Å². The number of hydrogen-bond acceptors (Lipinski definition) is 4. The van der Waals surface area contributed by atoms with Crippen molar-refractivity contribution in [1.82, 2.24) is 15.0 Å². The smallest absolute Gasteiger partial charge is 0.242 e. The quantitative estimate of drug-likeness (QED) is 0.655. The minimum atomic E-state index is -3.43. The second-order valence-corrected chi connectivity index (χ2v) is 6.76. The molecule has 2 heterocycles. The maximum Gasteiger partial charge on any atom is 0.242 e. The lowest BCUT2D eigenvalue weighted by molar-refractivity contribution is 0.0832. The minimum Gasteiger partial charge on any atom is -0.381 e. The van der Waals surface area contributed by atoms with Crippen LogP contribution in [0, 0.1) is 0 Å². The predicted octanol–water partition coefficient (Wildman–Crippen LogP) is 0.972. The highest BCUT2D eigenvalue weighted by Gasteiger charge is 2.22. The number of aromatic nitrogens is 1. The van der Waals surface area contributed by atoms with E-state index in [1.165, 1.54) is 0 Å². The van der Waals surface area contributed by atoms with E-state index in [1.807, 2.05) is 0 Å². The normalized spacial score (nSPS) is 17.4. The predicted molar refractivity (Wildman–Crippen MR) is 77.0 cm³/mol. The van der Waals surface area contributed by atoms with Crippen LogP contribution in [0.3, 0.4) is 0 Å². The van der Waals surface area contributed by atoms with Gasteiger partial charge in [-0.25, -0.2) is 13.1 Å². The largest absolute Gasteiger partial charge is 0.381 e. The Morgan fingerprint density at radius 3 is 2.85 bits per heavy atom. The summed E-state index contributed by atoms with van der Waals surface area (Å²) in [6, 6.07) is 1.66. The van der Waals surface area contributed by atoms with Crippen LogP contribution < -0.4 is 10.0 Å². The highest BCUT2D eigenvalue weighted by molar-refractivity contribution is 7.89. The Kier molecular flexibility index (Phi) is 5.59. The second kappa shape index (κ2) is 7.21. The number of aromatic amines is 1. The molecule has 3 N–H and O–H groups in total. The number of nitrogens with one attached hydrogen (secondary N) is 3. The zero-order valence-electron chi connectivity index (χ0n) is 11.8. The zero-order chi connectivity index (χ0) is 14.4. The molecule has 7 heteroatoms. The maximum atomic E-state index is 12.3. The van der Waals surface area contributed by atoms with Gasteiger partial charge >= 0.3 is 0 Å². The van der Waals surface area contributed by atoms with Gasteiger partial charge in [0.1, 0.15) is 0 Å². The molecule has 1 aromatic rings. The highest BCUT2D eigenvalue weighted by atomic mass is 32.2. The Morgan fingerprint density at radius 1 is 1.40 bits per heavy atom. The van der Waals surface area contributed by atoms with Crippen molar-refractivity contribution in [2.24, 2.45) is 0 Å². The van der Waals surface area contributed by atoms with Crippen LogP contribution in [0.2, 0.25) is 0 Å². The third-order valence-electron chi connectivity index (χ3n) is 3.31. The second-order valence-electron chi connectivity index (χ2n) is 5.05. The summed E-state index contributed by atoms with van der Waals surface area (Å²) < 4.78 is 32.5. The van der Waals surface area contributed by atoms with E-state index in [-0.39, 0.29) is 6.04 Å². The summed E-state index contributed by atoms with van der Waals surface area (Å²) in [5, 5.41) is 3.23. The Labute approximate surface area is 120 Å². The molecule has 0 amide bonds. The first-order valence-electron chi connectivity index (χ1n) is 7.10. The molecule has 0 unspecified atom stereocenters. The fourth-order valence-electron chi connectivity index (χ4n) is 2.18. The summed E-state index contributed by atoms with van der Waals surface area (Å²) in [6.45, 7) is 4.90. The van der Waals surface area contributed by atoms with Crippen LogP contribution in [-0.4, -0.2) is 39.2 Å². The van der Waals surface area contributed by atoms with Gasteiger partial charge in [-0.3, -0.25) is 0 Å². The Balaban J connectivity index is 1.94. The molecule has 1 saturated heterocycles. The van der Waals surface area contributed by atoms with E-state index in [4.69, 9.17) is 4.74 Å².